The fourth-order valence-electron chi connectivity index (χ4n) is 5.09. The molecule has 1 saturated heterocycles. The first-order valence-corrected chi connectivity index (χ1v) is 11.8. The normalized spacial score (nSPS) is 24.5. The van der Waals surface area contributed by atoms with Crippen LogP contribution in [0.2, 0.25) is 5.02 Å². The Morgan fingerprint density at radius 2 is 1.77 bits per heavy atom. The molecule has 5 rings (SSSR count). The molecule has 0 radical (unpaired) electrons. The van der Waals surface area contributed by atoms with E-state index in [2.05, 4.69) is 5.10 Å². The summed E-state index contributed by atoms with van der Waals surface area (Å²) in [6.45, 7) is 2.34. The molecule has 1 heterocycles. The van der Waals surface area contributed by atoms with Gasteiger partial charge in [-0.1, -0.05) is 35.9 Å². The van der Waals surface area contributed by atoms with Crippen LogP contribution in [0.1, 0.15) is 34.8 Å². The van der Waals surface area contributed by atoms with E-state index in [-0.39, 0.29) is 52.7 Å². The van der Waals surface area contributed by atoms with Crippen molar-refractivity contribution < 1.29 is 29.0 Å². The molecule has 2 amide bonds. The maximum absolute atomic E-state index is 12.8. The van der Waals surface area contributed by atoms with Gasteiger partial charge >= 0.3 is 5.97 Å². The lowest BCUT2D eigenvalue weighted by Crippen LogP contribution is -2.28. The van der Waals surface area contributed by atoms with Gasteiger partial charge in [-0.25, -0.2) is 4.79 Å². The molecule has 3 aliphatic rings. The standard InChI is InChI=1S/C26H23ClN2O6/c1-2-34-20-10-15(9-19(27)23(20)35-13-14-3-5-16(6-4-14)26(32)33)12-28-29-24(30)21-17-7-8-18(11-17)22(21)25(29)31/h3-10,12,17-18,21-22H,2,11,13H2,1H3,(H,32,33). The molecule has 0 spiro atoms. The number of carboxylic acids is 1. The number of imide groups is 1. The number of benzene rings is 2. The maximum atomic E-state index is 12.8. The third-order valence-corrected chi connectivity index (χ3v) is 6.97. The van der Waals surface area contributed by atoms with Crippen molar-refractivity contribution in [3.63, 3.8) is 0 Å². The van der Waals surface area contributed by atoms with Crippen molar-refractivity contribution in [1.29, 1.82) is 0 Å². The Hall–Kier alpha value is -3.65. The van der Waals surface area contributed by atoms with Crippen LogP contribution in [0.5, 0.6) is 11.5 Å². The number of aromatic carboxylic acids is 1. The monoisotopic (exact) mass is 494 g/mol. The Morgan fingerprint density at radius 3 is 2.37 bits per heavy atom. The maximum Gasteiger partial charge on any atom is 0.335 e. The molecule has 2 fully saturated rings. The van der Waals surface area contributed by atoms with Gasteiger partial charge in [0.25, 0.3) is 11.8 Å². The SMILES string of the molecule is CCOc1cc(C=NN2C(=O)C3C4C=CC(C4)C3C2=O)cc(Cl)c1OCc1ccc(C(=O)O)cc1. The lowest BCUT2D eigenvalue weighted by atomic mass is 9.85. The van der Waals surface area contributed by atoms with E-state index in [1.807, 2.05) is 19.1 Å². The highest BCUT2D eigenvalue weighted by molar-refractivity contribution is 6.32. The summed E-state index contributed by atoms with van der Waals surface area (Å²) < 4.78 is 11.6. The smallest absolute Gasteiger partial charge is 0.335 e. The first kappa shape index (κ1) is 23.1. The number of allylic oxidation sites excluding steroid dienone is 2. The number of amides is 2. The van der Waals surface area contributed by atoms with Gasteiger partial charge in [-0.2, -0.15) is 10.1 Å². The second-order valence-corrected chi connectivity index (χ2v) is 9.19. The molecule has 9 heteroatoms. The predicted octanol–water partition coefficient (Wildman–Crippen LogP) is 4.16. The van der Waals surface area contributed by atoms with Gasteiger partial charge in [-0.3, -0.25) is 9.59 Å². The minimum absolute atomic E-state index is 0.123. The molecule has 2 aromatic carbocycles. The number of ether oxygens (including phenoxy) is 2. The summed E-state index contributed by atoms with van der Waals surface area (Å²) in [5.74, 6) is -1.15. The third kappa shape index (κ3) is 4.18. The molecule has 1 N–H and O–H groups in total. The van der Waals surface area contributed by atoms with Gasteiger partial charge < -0.3 is 14.6 Å². The van der Waals surface area contributed by atoms with Crippen LogP contribution in [-0.4, -0.2) is 40.7 Å². The lowest BCUT2D eigenvalue weighted by Gasteiger charge is -2.15. The molecule has 2 aromatic rings. The molecular weight excluding hydrogens is 472 g/mol. The molecular formula is C26H23ClN2O6. The minimum Gasteiger partial charge on any atom is -0.490 e. The van der Waals surface area contributed by atoms with Crippen molar-refractivity contribution in [2.75, 3.05) is 6.61 Å². The number of hydrogen-bond donors (Lipinski definition) is 1. The Balaban J connectivity index is 1.32. The first-order chi connectivity index (χ1) is 16.9. The number of hydrazone groups is 1. The van der Waals surface area contributed by atoms with E-state index in [9.17, 15) is 14.4 Å². The molecule has 2 bridgehead atoms. The Morgan fingerprint density at radius 1 is 1.11 bits per heavy atom. The summed E-state index contributed by atoms with van der Waals surface area (Å²) in [5, 5.41) is 14.5. The van der Waals surface area contributed by atoms with Gasteiger partial charge in [-0.15, -0.1) is 0 Å². The van der Waals surface area contributed by atoms with Crippen molar-refractivity contribution in [3.05, 3.63) is 70.3 Å². The van der Waals surface area contributed by atoms with E-state index in [1.165, 1.54) is 18.3 Å². The summed E-state index contributed by atoms with van der Waals surface area (Å²) in [7, 11) is 0. The number of carboxylic acid groups (broad SMARTS) is 1. The molecule has 4 unspecified atom stereocenters. The van der Waals surface area contributed by atoms with E-state index in [0.717, 1.165) is 17.0 Å². The summed E-state index contributed by atoms with van der Waals surface area (Å²) in [4.78, 5) is 36.7. The van der Waals surface area contributed by atoms with Crippen LogP contribution in [-0.2, 0) is 16.2 Å². The number of nitrogens with zero attached hydrogens (tertiary/aromatic N) is 2. The number of rotatable bonds is 8. The zero-order chi connectivity index (χ0) is 24.7. The number of fused-ring (bicyclic) bond motifs is 5. The predicted molar refractivity (Wildman–Crippen MR) is 128 cm³/mol. The fraction of sp³-hybridized carbons (Fsp3) is 0.308. The van der Waals surface area contributed by atoms with Crippen LogP contribution < -0.4 is 9.47 Å². The molecule has 1 saturated carbocycles. The van der Waals surface area contributed by atoms with Gasteiger partial charge in [0.2, 0.25) is 0 Å². The van der Waals surface area contributed by atoms with E-state index in [0.29, 0.717) is 23.7 Å². The topological polar surface area (TPSA) is 106 Å². The number of carbonyl (C=O) groups is 3. The number of halogens is 1. The van der Waals surface area contributed by atoms with Crippen LogP contribution in [0.25, 0.3) is 0 Å². The highest BCUT2D eigenvalue weighted by Gasteiger charge is 2.59. The largest absolute Gasteiger partial charge is 0.490 e. The number of hydrogen-bond acceptors (Lipinski definition) is 6. The summed E-state index contributed by atoms with van der Waals surface area (Å²) in [6, 6.07) is 9.64. The fourth-order valence-corrected chi connectivity index (χ4v) is 5.36. The lowest BCUT2D eigenvalue weighted by molar-refractivity contribution is -0.140. The molecule has 2 aliphatic carbocycles. The van der Waals surface area contributed by atoms with Gasteiger partial charge in [0.05, 0.1) is 35.2 Å². The molecule has 180 valence electrons. The molecule has 1 aliphatic heterocycles. The second kappa shape index (κ2) is 9.19. The Labute approximate surface area is 206 Å². The van der Waals surface area contributed by atoms with Gasteiger partial charge in [0.1, 0.15) is 6.61 Å². The van der Waals surface area contributed by atoms with Crippen LogP contribution in [0.15, 0.2) is 53.7 Å². The van der Waals surface area contributed by atoms with Crippen LogP contribution in [0, 0.1) is 23.7 Å². The highest BCUT2D eigenvalue weighted by atomic mass is 35.5. The van der Waals surface area contributed by atoms with Gasteiger partial charge in [0.15, 0.2) is 11.5 Å². The van der Waals surface area contributed by atoms with Crippen LogP contribution >= 0.6 is 11.6 Å². The average Bonchev–Trinajstić information content (AvgIpc) is 3.52. The molecule has 8 nitrogen and oxygen atoms in total. The minimum atomic E-state index is -0.999. The average molecular weight is 495 g/mol. The Bertz CT molecular complexity index is 1230. The van der Waals surface area contributed by atoms with E-state index >= 15 is 0 Å². The molecule has 4 atom stereocenters. The van der Waals surface area contributed by atoms with Crippen LogP contribution in [0.3, 0.4) is 0 Å². The quantitative estimate of drug-likeness (QED) is 0.335. The zero-order valence-corrected chi connectivity index (χ0v) is 19.6. The Kier molecular flexibility index (Phi) is 6.06. The number of carbonyl (C=O) groups excluding carboxylic acids is 2. The van der Waals surface area contributed by atoms with Crippen LogP contribution in [0.4, 0.5) is 0 Å². The zero-order valence-electron chi connectivity index (χ0n) is 18.9. The van der Waals surface area contributed by atoms with Gasteiger partial charge in [0, 0.05) is 0 Å². The molecule has 35 heavy (non-hydrogen) atoms. The summed E-state index contributed by atoms with van der Waals surface area (Å²) in [5.41, 5.74) is 1.50. The summed E-state index contributed by atoms with van der Waals surface area (Å²) in [6.07, 6.45) is 6.37. The van der Waals surface area contributed by atoms with Crippen molar-refractivity contribution in [2.45, 2.75) is 20.0 Å². The molecule has 0 aromatic heterocycles. The third-order valence-electron chi connectivity index (χ3n) is 6.69. The van der Waals surface area contributed by atoms with Crippen molar-refractivity contribution in [1.82, 2.24) is 5.01 Å². The first-order valence-electron chi connectivity index (χ1n) is 11.4. The van der Waals surface area contributed by atoms with Gasteiger partial charge in [-0.05, 0) is 60.6 Å². The van der Waals surface area contributed by atoms with E-state index in [1.54, 1.807) is 24.3 Å². The van der Waals surface area contributed by atoms with E-state index in [4.69, 9.17) is 26.2 Å². The summed E-state index contributed by atoms with van der Waals surface area (Å²) >= 11 is 6.48. The van der Waals surface area contributed by atoms with Crippen molar-refractivity contribution >= 4 is 35.6 Å². The second-order valence-electron chi connectivity index (χ2n) is 8.79. The van der Waals surface area contributed by atoms with Crippen molar-refractivity contribution in [3.8, 4) is 11.5 Å². The highest BCUT2D eigenvalue weighted by Crippen LogP contribution is 2.52. The van der Waals surface area contributed by atoms with Crippen molar-refractivity contribution in [2.24, 2.45) is 28.8 Å². The van der Waals surface area contributed by atoms with E-state index < -0.39 is 5.97 Å².